The van der Waals surface area contributed by atoms with Crippen molar-refractivity contribution >= 4 is 0 Å². The SMILES string of the molecule is [C]=CC=CCCCCCCCC. The van der Waals surface area contributed by atoms with Crippen LogP contribution in [0.5, 0.6) is 0 Å². The second-order valence-electron chi connectivity index (χ2n) is 3.15. The van der Waals surface area contributed by atoms with Crippen molar-refractivity contribution in [3.8, 4) is 0 Å². The van der Waals surface area contributed by atoms with Gasteiger partial charge >= 0.3 is 0 Å². The zero-order valence-corrected chi connectivity index (χ0v) is 8.18. The third-order valence-electron chi connectivity index (χ3n) is 1.96. The monoisotopic (exact) mass is 164 g/mol. The number of rotatable bonds is 8. The molecule has 0 nitrogen and oxygen atoms in total. The molecule has 0 saturated carbocycles. The number of unbranched alkanes of at least 4 members (excludes halogenated alkanes) is 6. The largest absolute Gasteiger partial charge is 0.0845 e. The molecule has 0 spiro atoms. The van der Waals surface area contributed by atoms with Crippen LogP contribution in [-0.2, 0) is 0 Å². The van der Waals surface area contributed by atoms with Crippen LogP contribution in [0, 0.1) is 6.58 Å². The predicted octanol–water partition coefficient (Wildman–Crippen LogP) is 4.16. The van der Waals surface area contributed by atoms with E-state index in [1.165, 1.54) is 44.6 Å². The zero-order valence-electron chi connectivity index (χ0n) is 8.18. The molecule has 0 saturated heterocycles. The summed E-state index contributed by atoms with van der Waals surface area (Å²) in [6.45, 7) is 9.01. The van der Waals surface area contributed by atoms with Crippen LogP contribution in [0.1, 0.15) is 51.9 Å². The van der Waals surface area contributed by atoms with Gasteiger partial charge in [-0.2, -0.15) is 0 Å². The van der Waals surface area contributed by atoms with E-state index in [4.69, 9.17) is 6.58 Å². The molecule has 0 aromatic carbocycles. The first-order valence-corrected chi connectivity index (χ1v) is 5.07. The van der Waals surface area contributed by atoms with Crippen LogP contribution < -0.4 is 0 Å². The molecule has 0 aromatic rings. The Kier molecular flexibility index (Phi) is 10.0. The van der Waals surface area contributed by atoms with Gasteiger partial charge in [-0.05, 0) is 19.4 Å². The van der Waals surface area contributed by atoms with E-state index in [1.54, 1.807) is 0 Å². The van der Waals surface area contributed by atoms with Crippen LogP contribution in [0.4, 0.5) is 0 Å². The van der Waals surface area contributed by atoms with Gasteiger partial charge in [-0.25, -0.2) is 0 Å². The molecule has 0 aliphatic carbocycles. The molecule has 12 heavy (non-hydrogen) atoms. The lowest BCUT2D eigenvalue weighted by molar-refractivity contribution is 0.611. The van der Waals surface area contributed by atoms with Crippen LogP contribution in [0.25, 0.3) is 0 Å². The van der Waals surface area contributed by atoms with Crippen molar-refractivity contribution in [2.45, 2.75) is 51.9 Å². The van der Waals surface area contributed by atoms with Gasteiger partial charge < -0.3 is 0 Å². The quantitative estimate of drug-likeness (QED) is 0.373. The molecule has 0 aromatic heterocycles. The fraction of sp³-hybridized carbons (Fsp3) is 0.667. The van der Waals surface area contributed by atoms with Crippen LogP contribution in [-0.4, -0.2) is 0 Å². The first kappa shape index (κ1) is 11.5. The summed E-state index contributed by atoms with van der Waals surface area (Å²) in [5.41, 5.74) is 0. The predicted molar refractivity (Wildman–Crippen MR) is 54.9 cm³/mol. The van der Waals surface area contributed by atoms with Gasteiger partial charge in [-0.3, -0.25) is 0 Å². The molecule has 2 radical (unpaired) electrons. The highest BCUT2D eigenvalue weighted by atomic mass is 13.9. The number of hydrogen-bond acceptors (Lipinski definition) is 0. The molecule has 0 amide bonds. The smallest absolute Gasteiger partial charge is 0.00991 e. The highest BCUT2D eigenvalue weighted by molar-refractivity contribution is 4.95. The number of hydrogen-bond donors (Lipinski definition) is 0. The molecule has 0 fully saturated rings. The lowest BCUT2D eigenvalue weighted by atomic mass is 10.1. The lowest BCUT2D eigenvalue weighted by Gasteiger charge is -1.96. The van der Waals surface area contributed by atoms with Gasteiger partial charge in [0.15, 0.2) is 0 Å². The van der Waals surface area contributed by atoms with Gasteiger partial charge in [0.25, 0.3) is 0 Å². The van der Waals surface area contributed by atoms with Crippen LogP contribution in [0.3, 0.4) is 0 Å². The summed E-state index contributed by atoms with van der Waals surface area (Å²) in [4.78, 5) is 0. The summed E-state index contributed by atoms with van der Waals surface area (Å²) in [6.07, 6.45) is 14.5. The van der Waals surface area contributed by atoms with E-state index in [1.807, 2.05) is 6.08 Å². The average molecular weight is 164 g/mol. The van der Waals surface area contributed by atoms with E-state index in [-0.39, 0.29) is 0 Å². The Balaban J connectivity index is 2.90. The number of allylic oxidation sites excluding steroid dienone is 3. The van der Waals surface area contributed by atoms with Crippen molar-refractivity contribution in [1.82, 2.24) is 0 Å². The van der Waals surface area contributed by atoms with Crippen molar-refractivity contribution in [3.05, 3.63) is 24.8 Å². The van der Waals surface area contributed by atoms with Crippen molar-refractivity contribution in [3.63, 3.8) is 0 Å². The summed E-state index contributed by atoms with van der Waals surface area (Å²) in [6, 6.07) is 0. The minimum absolute atomic E-state index is 1.14. The second-order valence-corrected chi connectivity index (χ2v) is 3.15. The van der Waals surface area contributed by atoms with Gasteiger partial charge in [-0.15, -0.1) is 0 Å². The third-order valence-corrected chi connectivity index (χ3v) is 1.96. The van der Waals surface area contributed by atoms with E-state index >= 15 is 0 Å². The molecule has 0 aliphatic rings. The first-order valence-electron chi connectivity index (χ1n) is 5.07. The van der Waals surface area contributed by atoms with Crippen molar-refractivity contribution < 1.29 is 0 Å². The summed E-state index contributed by atoms with van der Waals surface area (Å²) < 4.78 is 0. The van der Waals surface area contributed by atoms with Crippen LogP contribution in [0.15, 0.2) is 18.2 Å². The van der Waals surface area contributed by atoms with Gasteiger partial charge in [0.05, 0.1) is 0 Å². The molecular formula is C12H20. The Hall–Kier alpha value is -0.520. The third kappa shape index (κ3) is 9.48. The first-order chi connectivity index (χ1) is 5.91. The average Bonchev–Trinajstić information content (AvgIpc) is 2.10. The second kappa shape index (κ2) is 10.5. The minimum atomic E-state index is 1.14. The standard InChI is InChI=1S/C12H20/c1-3-5-7-9-11-12-10-8-6-4-2/h4,6,8H,3,5,7,9-12H2,1H3. The maximum absolute atomic E-state index is 6.76. The Morgan fingerprint density at radius 2 is 1.67 bits per heavy atom. The Morgan fingerprint density at radius 3 is 2.33 bits per heavy atom. The molecule has 0 N–H and O–H groups in total. The zero-order chi connectivity index (χ0) is 9.07. The highest BCUT2D eigenvalue weighted by Crippen LogP contribution is 2.06. The summed E-state index contributed by atoms with van der Waals surface area (Å²) >= 11 is 0. The van der Waals surface area contributed by atoms with E-state index in [0.29, 0.717) is 0 Å². The Bertz CT molecular complexity index is 111. The maximum atomic E-state index is 6.76. The van der Waals surface area contributed by atoms with Crippen LogP contribution >= 0.6 is 0 Å². The Morgan fingerprint density at radius 1 is 1.00 bits per heavy atom. The maximum Gasteiger partial charge on any atom is -0.00991 e. The van der Waals surface area contributed by atoms with E-state index in [0.717, 1.165) is 6.42 Å². The molecule has 0 unspecified atom stereocenters. The van der Waals surface area contributed by atoms with E-state index in [9.17, 15) is 0 Å². The minimum Gasteiger partial charge on any atom is -0.0845 e. The van der Waals surface area contributed by atoms with Gasteiger partial charge in [-0.1, -0.05) is 57.3 Å². The summed E-state index contributed by atoms with van der Waals surface area (Å²) in [7, 11) is 0. The molecule has 0 heteroatoms. The molecule has 68 valence electrons. The highest BCUT2D eigenvalue weighted by Gasteiger charge is 1.87. The molecule has 0 atom stereocenters. The fourth-order valence-corrected chi connectivity index (χ4v) is 1.21. The summed E-state index contributed by atoms with van der Waals surface area (Å²) in [5, 5.41) is 0. The van der Waals surface area contributed by atoms with E-state index in [2.05, 4.69) is 13.0 Å². The molecular weight excluding hydrogens is 144 g/mol. The van der Waals surface area contributed by atoms with Crippen molar-refractivity contribution in [2.75, 3.05) is 0 Å². The van der Waals surface area contributed by atoms with Gasteiger partial charge in [0, 0.05) is 0 Å². The normalized spacial score (nSPS) is 10.8. The van der Waals surface area contributed by atoms with Crippen molar-refractivity contribution in [1.29, 1.82) is 0 Å². The van der Waals surface area contributed by atoms with Crippen molar-refractivity contribution in [2.24, 2.45) is 0 Å². The van der Waals surface area contributed by atoms with Gasteiger partial charge in [0.1, 0.15) is 0 Å². The molecule has 0 bridgehead atoms. The molecule has 0 aliphatic heterocycles. The van der Waals surface area contributed by atoms with Gasteiger partial charge in [0.2, 0.25) is 0 Å². The molecule has 0 heterocycles. The van der Waals surface area contributed by atoms with Crippen LogP contribution in [0.2, 0.25) is 0 Å². The molecule has 0 rings (SSSR count). The Labute approximate surface area is 77.4 Å². The lowest BCUT2D eigenvalue weighted by Crippen LogP contribution is -1.77. The van der Waals surface area contributed by atoms with E-state index < -0.39 is 0 Å². The fourth-order valence-electron chi connectivity index (χ4n) is 1.21. The summed E-state index contributed by atoms with van der Waals surface area (Å²) in [5.74, 6) is 0. The topological polar surface area (TPSA) is 0 Å².